The van der Waals surface area contributed by atoms with Gasteiger partial charge in [-0.3, -0.25) is 0 Å². The number of halogens is 2. The topological polar surface area (TPSA) is 21.3 Å². The molecule has 1 atom stereocenters. The fourth-order valence-corrected chi connectivity index (χ4v) is 3.86. The van der Waals surface area contributed by atoms with E-state index in [0.717, 1.165) is 23.0 Å². The smallest absolute Gasteiger partial charge is 0.123 e. The van der Waals surface area contributed by atoms with Gasteiger partial charge in [0.25, 0.3) is 0 Å². The third-order valence-corrected chi connectivity index (χ3v) is 5.32. The predicted octanol–water partition coefficient (Wildman–Crippen LogP) is 4.17. The number of benzene rings is 1. The Bertz CT molecular complexity index is 474. The SMILES string of the molecule is Fc1ccc(Br)c(CNCC2CCC3(CCCC3)O2)c1. The lowest BCUT2D eigenvalue weighted by Crippen LogP contribution is -2.30. The molecule has 1 saturated carbocycles. The van der Waals surface area contributed by atoms with E-state index >= 15 is 0 Å². The summed E-state index contributed by atoms with van der Waals surface area (Å²) in [5.41, 5.74) is 1.16. The summed E-state index contributed by atoms with van der Waals surface area (Å²) in [5, 5.41) is 3.40. The molecule has 1 aliphatic carbocycles. The van der Waals surface area contributed by atoms with Crippen molar-refractivity contribution in [3.8, 4) is 0 Å². The molecule has 1 saturated heterocycles. The van der Waals surface area contributed by atoms with Crippen LogP contribution in [0.25, 0.3) is 0 Å². The van der Waals surface area contributed by atoms with Crippen molar-refractivity contribution in [1.82, 2.24) is 5.32 Å². The minimum absolute atomic E-state index is 0.188. The first kappa shape index (κ1) is 14.5. The van der Waals surface area contributed by atoms with Gasteiger partial charge in [0.2, 0.25) is 0 Å². The normalized spacial score (nSPS) is 24.6. The van der Waals surface area contributed by atoms with Gasteiger partial charge >= 0.3 is 0 Å². The monoisotopic (exact) mass is 341 g/mol. The van der Waals surface area contributed by atoms with Gasteiger partial charge in [-0.25, -0.2) is 4.39 Å². The number of hydrogen-bond acceptors (Lipinski definition) is 2. The Morgan fingerprint density at radius 3 is 2.90 bits per heavy atom. The van der Waals surface area contributed by atoms with Crippen molar-refractivity contribution in [3.05, 3.63) is 34.1 Å². The third kappa shape index (κ3) is 3.23. The molecule has 2 fully saturated rings. The van der Waals surface area contributed by atoms with Crippen molar-refractivity contribution in [1.29, 1.82) is 0 Å². The van der Waals surface area contributed by atoms with E-state index in [1.54, 1.807) is 12.1 Å². The van der Waals surface area contributed by atoms with Crippen molar-refractivity contribution in [3.63, 3.8) is 0 Å². The van der Waals surface area contributed by atoms with Gasteiger partial charge in [0.05, 0.1) is 11.7 Å². The van der Waals surface area contributed by atoms with Crippen LogP contribution in [0.2, 0.25) is 0 Å². The Labute approximate surface area is 128 Å². The highest BCUT2D eigenvalue weighted by Gasteiger charge is 2.41. The quantitative estimate of drug-likeness (QED) is 0.887. The maximum absolute atomic E-state index is 13.2. The molecule has 1 aromatic rings. The zero-order valence-electron chi connectivity index (χ0n) is 11.6. The fraction of sp³-hybridized carbons (Fsp3) is 0.625. The largest absolute Gasteiger partial charge is 0.370 e. The molecule has 2 nitrogen and oxygen atoms in total. The van der Waals surface area contributed by atoms with Crippen molar-refractivity contribution in [2.24, 2.45) is 0 Å². The van der Waals surface area contributed by atoms with Gasteiger partial charge in [-0.2, -0.15) is 0 Å². The second kappa shape index (κ2) is 6.12. The van der Waals surface area contributed by atoms with Gasteiger partial charge in [-0.05, 0) is 49.4 Å². The van der Waals surface area contributed by atoms with Crippen molar-refractivity contribution in [2.75, 3.05) is 6.54 Å². The zero-order valence-corrected chi connectivity index (χ0v) is 13.2. The van der Waals surface area contributed by atoms with Crippen LogP contribution in [-0.2, 0) is 11.3 Å². The first-order valence-electron chi connectivity index (χ1n) is 7.49. The highest BCUT2D eigenvalue weighted by molar-refractivity contribution is 9.10. The lowest BCUT2D eigenvalue weighted by molar-refractivity contribution is -0.0351. The number of nitrogens with one attached hydrogen (secondary N) is 1. The molecule has 2 aliphatic rings. The second-order valence-corrected chi connectivity index (χ2v) is 6.89. The summed E-state index contributed by atoms with van der Waals surface area (Å²) in [5.74, 6) is -0.188. The van der Waals surface area contributed by atoms with Crippen LogP contribution in [0.15, 0.2) is 22.7 Å². The van der Waals surface area contributed by atoms with Crippen molar-refractivity contribution in [2.45, 2.75) is 56.8 Å². The van der Waals surface area contributed by atoms with Crippen LogP contribution in [0.1, 0.15) is 44.1 Å². The number of hydrogen-bond donors (Lipinski definition) is 1. The van der Waals surface area contributed by atoms with Crippen LogP contribution >= 0.6 is 15.9 Å². The highest BCUT2D eigenvalue weighted by atomic mass is 79.9. The summed E-state index contributed by atoms with van der Waals surface area (Å²) in [6.45, 7) is 1.52. The summed E-state index contributed by atoms with van der Waals surface area (Å²) < 4.78 is 20.4. The average molecular weight is 342 g/mol. The van der Waals surface area contributed by atoms with E-state index in [-0.39, 0.29) is 11.4 Å². The Morgan fingerprint density at radius 2 is 2.10 bits per heavy atom. The maximum Gasteiger partial charge on any atom is 0.123 e. The van der Waals surface area contributed by atoms with Crippen LogP contribution in [-0.4, -0.2) is 18.2 Å². The molecule has 1 aromatic carbocycles. The third-order valence-electron chi connectivity index (χ3n) is 4.55. The highest BCUT2D eigenvalue weighted by Crippen LogP contribution is 2.43. The maximum atomic E-state index is 13.2. The molecule has 1 N–H and O–H groups in total. The number of ether oxygens (including phenoxy) is 1. The lowest BCUT2D eigenvalue weighted by Gasteiger charge is -2.24. The van der Waals surface area contributed by atoms with Gasteiger partial charge in [0.15, 0.2) is 0 Å². The van der Waals surface area contributed by atoms with E-state index in [0.29, 0.717) is 12.6 Å². The summed E-state index contributed by atoms with van der Waals surface area (Å²) in [4.78, 5) is 0. The molecule has 0 amide bonds. The molecular weight excluding hydrogens is 321 g/mol. The summed E-state index contributed by atoms with van der Waals surface area (Å²) >= 11 is 3.45. The molecule has 20 heavy (non-hydrogen) atoms. The molecule has 3 rings (SSSR count). The van der Waals surface area contributed by atoms with Gasteiger partial charge in [-0.1, -0.05) is 28.8 Å². The first-order valence-corrected chi connectivity index (χ1v) is 8.29. The van der Waals surface area contributed by atoms with Crippen molar-refractivity contribution >= 4 is 15.9 Å². The minimum atomic E-state index is -0.188. The zero-order chi connectivity index (χ0) is 14.0. The molecule has 0 radical (unpaired) electrons. The van der Waals surface area contributed by atoms with E-state index < -0.39 is 0 Å². The Balaban J connectivity index is 1.47. The van der Waals surface area contributed by atoms with E-state index in [1.165, 1.54) is 38.2 Å². The van der Waals surface area contributed by atoms with E-state index in [2.05, 4.69) is 21.2 Å². The predicted molar refractivity (Wildman–Crippen MR) is 81.1 cm³/mol. The molecule has 110 valence electrons. The molecule has 0 bridgehead atoms. The average Bonchev–Trinajstić information content (AvgIpc) is 3.05. The molecule has 1 spiro atoms. The van der Waals surface area contributed by atoms with Crippen LogP contribution < -0.4 is 5.32 Å². The van der Waals surface area contributed by atoms with E-state index in [9.17, 15) is 4.39 Å². The molecule has 1 unspecified atom stereocenters. The summed E-state index contributed by atoms with van der Waals surface area (Å²) in [7, 11) is 0. The summed E-state index contributed by atoms with van der Waals surface area (Å²) in [6.07, 6.45) is 7.78. The van der Waals surface area contributed by atoms with Crippen molar-refractivity contribution < 1.29 is 9.13 Å². The molecule has 1 heterocycles. The Morgan fingerprint density at radius 1 is 1.30 bits per heavy atom. The van der Waals surface area contributed by atoms with E-state index in [4.69, 9.17) is 4.74 Å². The van der Waals surface area contributed by atoms with Crippen LogP contribution in [0.3, 0.4) is 0 Å². The van der Waals surface area contributed by atoms with E-state index in [1.807, 2.05) is 0 Å². The molecule has 0 aromatic heterocycles. The van der Waals surface area contributed by atoms with Gasteiger partial charge in [0, 0.05) is 17.6 Å². The standard InChI is InChI=1S/C16H21BrFNO/c17-15-4-3-13(18)9-12(15)10-19-11-14-5-8-16(20-14)6-1-2-7-16/h3-4,9,14,19H,1-2,5-8,10-11H2. The minimum Gasteiger partial charge on any atom is -0.370 e. The van der Waals surface area contributed by atoms with Gasteiger partial charge < -0.3 is 10.1 Å². The van der Waals surface area contributed by atoms with Gasteiger partial charge in [-0.15, -0.1) is 0 Å². The van der Waals surface area contributed by atoms with Crippen LogP contribution in [0.4, 0.5) is 4.39 Å². The number of rotatable bonds is 4. The molecule has 1 aliphatic heterocycles. The first-order chi connectivity index (χ1) is 9.67. The van der Waals surface area contributed by atoms with Crippen LogP contribution in [0.5, 0.6) is 0 Å². The fourth-order valence-electron chi connectivity index (χ4n) is 3.47. The molecular formula is C16H21BrFNO. The molecule has 4 heteroatoms. The Kier molecular flexibility index (Phi) is 4.43. The summed E-state index contributed by atoms with van der Waals surface area (Å²) in [6, 6.07) is 4.80. The van der Waals surface area contributed by atoms with Gasteiger partial charge in [0.1, 0.15) is 5.82 Å². The van der Waals surface area contributed by atoms with Crippen LogP contribution in [0, 0.1) is 5.82 Å². The Hall–Kier alpha value is -0.450. The lowest BCUT2D eigenvalue weighted by atomic mass is 9.98. The second-order valence-electron chi connectivity index (χ2n) is 6.04.